The van der Waals surface area contributed by atoms with Crippen molar-refractivity contribution in [3.63, 3.8) is 0 Å². The van der Waals surface area contributed by atoms with Gasteiger partial charge in [0, 0.05) is 5.54 Å². The molecule has 0 spiro atoms. The van der Waals surface area contributed by atoms with Gasteiger partial charge in [-0.05, 0) is 32.6 Å². The SMILES string of the molecule is CCCCCOC(=O)NC(C)(C)[C@@H](C)CCC. The van der Waals surface area contributed by atoms with Crippen molar-refractivity contribution in [1.82, 2.24) is 5.32 Å². The van der Waals surface area contributed by atoms with Crippen LogP contribution < -0.4 is 5.32 Å². The van der Waals surface area contributed by atoms with Gasteiger partial charge in [0.2, 0.25) is 0 Å². The number of amides is 1. The predicted molar refractivity (Wildman–Crippen MR) is 72.2 cm³/mol. The molecule has 0 bridgehead atoms. The Kier molecular flexibility index (Phi) is 8.01. The zero-order valence-corrected chi connectivity index (χ0v) is 12.1. The third kappa shape index (κ3) is 7.24. The summed E-state index contributed by atoms with van der Waals surface area (Å²) in [5.41, 5.74) is -0.197. The second-order valence-electron chi connectivity index (χ2n) is 5.38. The normalized spacial score (nSPS) is 13.2. The number of alkyl carbamates (subject to hydrolysis) is 1. The van der Waals surface area contributed by atoms with E-state index in [4.69, 9.17) is 4.74 Å². The summed E-state index contributed by atoms with van der Waals surface area (Å²) in [6.45, 7) is 11.1. The number of nitrogens with one attached hydrogen (secondary N) is 1. The number of ether oxygens (including phenoxy) is 1. The highest BCUT2D eigenvalue weighted by Gasteiger charge is 2.27. The van der Waals surface area contributed by atoms with E-state index in [1.54, 1.807) is 0 Å². The summed E-state index contributed by atoms with van der Waals surface area (Å²) in [5.74, 6) is 0.454. The summed E-state index contributed by atoms with van der Waals surface area (Å²) in [6, 6.07) is 0. The van der Waals surface area contributed by atoms with Crippen LogP contribution in [-0.4, -0.2) is 18.2 Å². The van der Waals surface area contributed by atoms with E-state index in [1.807, 2.05) is 0 Å². The zero-order chi connectivity index (χ0) is 13.3. The zero-order valence-electron chi connectivity index (χ0n) is 12.1. The van der Waals surface area contributed by atoms with Crippen LogP contribution in [0.1, 0.15) is 66.7 Å². The molecule has 0 aromatic carbocycles. The molecule has 0 aliphatic rings. The topological polar surface area (TPSA) is 38.3 Å². The minimum Gasteiger partial charge on any atom is -0.450 e. The molecule has 0 unspecified atom stereocenters. The lowest BCUT2D eigenvalue weighted by Crippen LogP contribution is -2.48. The molecule has 1 N–H and O–H groups in total. The van der Waals surface area contributed by atoms with Crippen molar-refractivity contribution in [2.24, 2.45) is 5.92 Å². The number of carbonyl (C=O) groups is 1. The van der Waals surface area contributed by atoms with Gasteiger partial charge >= 0.3 is 6.09 Å². The molecule has 0 aromatic heterocycles. The highest BCUT2D eigenvalue weighted by molar-refractivity contribution is 5.68. The van der Waals surface area contributed by atoms with Gasteiger partial charge in [-0.25, -0.2) is 4.79 Å². The van der Waals surface area contributed by atoms with Crippen molar-refractivity contribution in [1.29, 1.82) is 0 Å². The largest absolute Gasteiger partial charge is 0.450 e. The van der Waals surface area contributed by atoms with E-state index in [9.17, 15) is 4.79 Å². The van der Waals surface area contributed by atoms with Crippen LogP contribution in [0.15, 0.2) is 0 Å². The van der Waals surface area contributed by atoms with Crippen LogP contribution in [0.3, 0.4) is 0 Å². The Morgan fingerprint density at radius 1 is 1.24 bits per heavy atom. The van der Waals surface area contributed by atoms with E-state index in [-0.39, 0.29) is 11.6 Å². The van der Waals surface area contributed by atoms with Crippen LogP contribution >= 0.6 is 0 Å². The molecular formula is C14H29NO2. The van der Waals surface area contributed by atoms with Gasteiger partial charge in [0.25, 0.3) is 0 Å². The van der Waals surface area contributed by atoms with Crippen molar-refractivity contribution < 1.29 is 9.53 Å². The molecule has 0 saturated carbocycles. The summed E-state index contributed by atoms with van der Waals surface area (Å²) < 4.78 is 5.16. The maximum Gasteiger partial charge on any atom is 0.407 e. The molecule has 0 aliphatic heterocycles. The highest BCUT2D eigenvalue weighted by atomic mass is 16.5. The molecule has 3 nitrogen and oxygen atoms in total. The molecular weight excluding hydrogens is 214 g/mol. The van der Waals surface area contributed by atoms with Crippen LogP contribution in [0, 0.1) is 5.92 Å². The van der Waals surface area contributed by atoms with Gasteiger partial charge in [0.15, 0.2) is 0 Å². The average molecular weight is 243 g/mol. The van der Waals surface area contributed by atoms with E-state index in [2.05, 4.69) is 39.9 Å². The molecule has 0 radical (unpaired) electrons. The second-order valence-corrected chi connectivity index (χ2v) is 5.38. The van der Waals surface area contributed by atoms with E-state index in [0.29, 0.717) is 12.5 Å². The van der Waals surface area contributed by atoms with Crippen LogP contribution in [0.2, 0.25) is 0 Å². The van der Waals surface area contributed by atoms with Gasteiger partial charge in [0.1, 0.15) is 0 Å². The van der Waals surface area contributed by atoms with E-state index in [1.165, 1.54) is 0 Å². The van der Waals surface area contributed by atoms with Crippen molar-refractivity contribution in [3.8, 4) is 0 Å². The fourth-order valence-corrected chi connectivity index (χ4v) is 1.73. The molecule has 0 heterocycles. The van der Waals surface area contributed by atoms with Gasteiger partial charge < -0.3 is 10.1 Å². The van der Waals surface area contributed by atoms with Crippen LogP contribution in [-0.2, 0) is 4.74 Å². The molecule has 102 valence electrons. The Balaban J connectivity index is 3.92. The second kappa shape index (κ2) is 8.37. The van der Waals surface area contributed by atoms with Crippen molar-refractivity contribution in [3.05, 3.63) is 0 Å². The van der Waals surface area contributed by atoms with Crippen LogP contribution in [0.4, 0.5) is 4.79 Å². The fourth-order valence-electron chi connectivity index (χ4n) is 1.73. The molecule has 0 aromatic rings. The average Bonchev–Trinajstić information content (AvgIpc) is 2.24. The third-order valence-corrected chi connectivity index (χ3v) is 3.36. The number of hydrogen-bond donors (Lipinski definition) is 1. The van der Waals surface area contributed by atoms with Crippen molar-refractivity contribution in [2.75, 3.05) is 6.61 Å². The van der Waals surface area contributed by atoms with Crippen molar-refractivity contribution >= 4 is 6.09 Å². The summed E-state index contributed by atoms with van der Waals surface area (Å²) in [4.78, 5) is 11.6. The van der Waals surface area contributed by atoms with E-state index >= 15 is 0 Å². The Labute approximate surface area is 106 Å². The van der Waals surface area contributed by atoms with Crippen LogP contribution in [0.25, 0.3) is 0 Å². The maximum atomic E-state index is 11.6. The lowest BCUT2D eigenvalue weighted by Gasteiger charge is -2.32. The first-order chi connectivity index (χ1) is 7.94. The summed E-state index contributed by atoms with van der Waals surface area (Å²) >= 11 is 0. The fraction of sp³-hybridized carbons (Fsp3) is 0.929. The Morgan fingerprint density at radius 3 is 2.41 bits per heavy atom. The Bertz CT molecular complexity index is 214. The third-order valence-electron chi connectivity index (χ3n) is 3.36. The molecule has 0 fully saturated rings. The Morgan fingerprint density at radius 2 is 1.88 bits per heavy atom. The summed E-state index contributed by atoms with van der Waals surface area (Å²) in [6.07, 6.45) is 5.18. The minimum atomic E-state index is -0.283. The highest BCUT2D eigenvalue weighted by Crippen LogP contribution is 2.21. The first-order valence-electron chi connectivity index (χ1n) is 6.89. The molecule has 17 heavy (non-hydrogen) atoms. The van der Waals surface area contributed by atoms with Crippen molar-refractivity contribution in [2.45, 2.75) is 72.3 Å². The van der Waals surface area contributed by atoms with Gasteiger partial charge in [-0.1, -0.05) is 40.0 Å². The first kappa shape index (κ1) is 16.3. The minimum absolute atomic E-state index is 0.197. The van der Waals surface area contributed by atoms with Gasteiger partial charge in [-0.3, -0.25) is 0 Å². The predicted octanol–water partition coefficient (Wildman–Crippen LogP) is 4.12. The number of hydrogen-bond acceptors (Lipinski definition) is 2. The first-order valence-corrected chi connectivity index (χ1v) is 6.89. The summed E-state index contributed by atoms with van der Waals surface area (Å²) in [5, 5.41) is 2.96. The molecule has 0 aliphatic carbocycles. The van der Waals surface area contributed by atoms with Gasteiger partial charge in [-0.15, -0.1) is 0 Å². The standard InChI is InChI=1S/C14H29NO2/c1-6-8-9-11-17-13(16)15-14(4,5)12(3)10-7-2/h12H,6-11H2,1-5H3,(H,15,16)/t12-/m0/s1. The molecule has 0 saturated heterocycles. The molecule has 3 heteroatoms. The van der Waals surface area contributed by atoms with Gasteiger partial charge in [-0.2, -0.15) is 0 Å². The van der Waals surface area contributed by atoms with E-state index in [0.717, 1.165) is 32.1 Å². The number of rotatable bonds is 8. The van der Waals surface area contributed by atoms with Crippen LogP contribution in [0.5, 0.6) is 0 Å². The van der Waals surface area contributed by atoms with E-state index < -0.39 is 0 Å². The quantitative estimate of drug-likeness (QED) is 0.651. The lowest BCUT2D eigenvalue weighted by molar-refractivity contribution is 0.125. The smallest absolute Gasteiger partial charge is 0.407 e. The van der Waals surface area contributed by atoms with Gasteiger partial charge in [0.05, 0.1) is 6.61 Å². The molecule has 1 amide bonds. The Hall–Kier alpha value is -0.730. The lowest BCUT2D eigenvalue weighted by atomic mass is 9.86. The number of unbranched alkanes of at least 4 members (excludes halogenated alkanes) is 2. The monoisotopic (exact) mass is 243 g/mol. The number of carbonyl (C=O) groups excluding carboxylic acids is 1. The maximum absolute atomic E-state index is 11.6. The molecule has 1 atom stereocenters. The summed E-state index contributed by atoms with van der Waals surface area (Å²) in [7, 11) is 0. The molecule has 0 rings (SSSR count).